The second-order valence-electron chi connectivity index (χ2n) is 5.91. The molecule has 1 nitrogen and oxygen atoms in total. The number of fused-ring (bicyclic) bond motifs is 2. The minimum atomic E-state index is 0.623. The van der Waals surface area contributed by atoms with Crippen LogP contribution in [0, 0.1) is 11.3 Å². The van der Waals surface area contributed by atoms with Gasteiger partial charge in [0.2, 0.25) is 0 Å². The first kappa shape index (κ1) is 15.4. The molecule has 118 valence electrons. The summed E-state index contributed by atoms with van der Waals surface area (Å²) in [6.07, 6.45) is 1.98. The molecule has 0 saturated heterocycles. The lowest BCUT2D eigenvalue weighted by Gasteiger charge is -2.09. The fourth-order valence-corrected chi connectivity index (χ4v) is 3.28. The summed E-state index contributed by atoms with van der Waals surface area (Å²) in [6, 6.07) is 28.4. The van der Waals surface area contributed by atoms with Crippen LogP contribution in [0.4, 0.5) is 0 Å². The highest BCUT2D eigenvalue weighted by molar-refractivity contribution is 6.30. The molecule has 0 aliphatic rings. The van der Waals surface area contributed by atoms with Gasteiger partial charge in [0.25, 0.3) is 0 Å². The summed E-state index contributed by atoms with van der Waals surface area (Å²) in [5, 5.41) is 15.0. The summed E-state index contributed by atoms with van der Waals surface area (Å²) < 4.78 is 0. The van der Waals surface area contributed by atoms with Crippen molar-refractivity contribution in [3.05, 3.63) is 95.0 Å². The summed E-state index contributed by atoms with van der Waals surface area (Å²) >= 11 is 5.97. The molecule has 0 bridgehead atoms. The van der Waals surface area contributed by atoms with Crippen molar-refractivity contribution < 1.29 is 0 Å². The maximum absolute atomic E-state index is 9.70. The Bertz CT molecular complexity index is 1090. The van der Waals surface area contributed by atoms with Crippen LogP contribution in [-0.4, -0.2) is 0 Å². The monoisotopic (exact) mass is 339 g/mol. The van der Waals surface area contributed by atoms with Crippen molar-refractivity contribution in [3.8, 4) is 6.07 Å². The summed E-state index contributed by atoms with van der Waals surface area (Å²) in [7, 11) is 0. The van der Waals surface area contributed by atoms with Crippen molar-refractivity contribution in [1.29, 1.82) is 5.26 Å². The van der Waals surface area contributed by atoms with Gasteiger partial charge >= 0.3 is 0 Å². The molecule has 0 fully saturated rings. The van der Waals surface area contributed by atoms with E-state index >= 15 is 0 Å². The Hall–Kier alpha value is -3.08. The van der Waals surface area contributed by atoms with Crippen LogP contribution >= 0.6 is 11.6 Å². The summed E-state index contributed by atoms with van der Waals surface area (Å²) in [5.74, 6) is 0. The average molecular weight is 340 g/mol. The van der Waals surface area contributed by atoms with E-state index in [-0.39, 0.29) is 0 Å². The highest BCUT2D eigenvalue weighted by atomic mass is 35.5. The predicted molar refractivity (Wildman–Crippen MR) is 106 cm³/mol. The lowest BCUT2D eigenvalue weighted by molar-refractivity contribution is 1.52. The van der Waals surface area contributed by atoms with E-state index in [1.165, 1.54) is 10.8 Å². The quantitative estimate of drug-likeness (QED) is 0.226. The molecule has 0 heterocycles. The van der Waals surface area contributed by atoms with E-state index in [0.717, 1.165) is 21.9 Å². The Balaban J connectivity index is 2.03. The van der Waals surface area contributed by atoms with Crippen LogP contribution in [0.15, 0.2) is 78.9 Å². The SMILES string of the molecule is N#CC(=Cc1c2ccccc2cc2ccccc12)c1ccc(Cl)cc1. The Morgan fingerprint density at radius 1 is 0.800 bits per heavy atom. The minimum absolute atomic E-state index is 0.623. The zero-order valence-electron chi connectivity index (χ0n) is 13.4. The molecule has 0 radical (unpaired) electrons. The molecule has 0 atom stereocenters. The van der Waals surface area contributed by atoms with E-state index in [9.17, 15) is 5.26 Å². The Morgan fingerprint density at radius 3 is 1.92 bits per heavy atom. The van der Waals surface area contributed by atoms with Gasteiger partial charge in [-0.15, -0.1) is 0 Å². The van der Waals surface area contributed by atoms with Crippen molar-refractivity contribution in [2.24, 2.45) is 0 Å². The highest BCUT2D eigenvalue weighted by Gasteiger charge is 2.08. The third kappa shape index (κ3) is 2.89. The molecule has 4 aromatic rings. The highest BCUT2D eigenvalue weighted by Crippen LogP contribution is 2.31. The van der Waals surface area contributed by atoms with Crippen molar-refractivity contribution in [2.45, 2.75) is 0 Å². The molecule has 0 spiro atoms. The van der Waals surface area contributed by atoms with Gasteiger partial charge in [-0.3, -0.25) is 0 Å². The Morgan fingerprint density at radius 2 is 1.36 bits per heavy atom. The average Bonchev–Trinajstić information content (AvgIpc) is 2.66. The molecule has 0 amide bonds. The molecule has 0 saturated carbocycles. The third-order valence-corrected chi connectivity index (χ3v) is 4.63. The first-order chi connectivity index (χ1) is 12.3. The number of hydrogen-bond acceptors (Lipinski definition) is 1. The molecule has 2 heteroatoms. The Labute approximate surface area is 151 Å². The molecule has 25 heavy (non-hydrogen) atoms. The maximum atomic E-state index is 9.70. The molecular weight excluding hydrogens is 326 g/mol. The van der Waals surface area contributed by atoms with Crippen LogP contribution in [0.3, 0.4) is 0 Å². The predicted octanol–water partition coefficient (Wildman–Crippen LogP) is 6.71. The molecule has 4 aromatic carbocycles. The van der Waals surface area contributed by atoms with Gasteiger partial charge in [-0.25, -0.2) is 0 Å². The number of rotatable bonds is 2. The van der Waals surface area contributed by atoms with Crippen molar-refractivity contribution >= 4 is 44.8 Å². The van der Waals surface area contributed by atoms with Gasteiger partial charge in [-0.2, -0.15) is 5.26 Å². The topological polar surface area (TPSA) is 23.8 Å². The summed E-state index contributed by atoms with van der Waals surface area (Å²) in [6.45, 7) is 0. The lowest BCUT2D eigenvalue weighted by Crippen LogP contribution is -1.86. The molecular formula is C23H14ClN. The van der Waals surface area contributed by atoms with Gasteiger partial charge in [-0.05, 0) is 56.9 Å². The van der Waals surface area contributed by atoms with Gasteiger partial charge in [0, 0.05) is 5.02 Å². The van der Waals surface area contributed by atoms with Crippen molar-refractivity contribution in [1.82, 2.24) is 0 Å². The van der Waals surface area contributed by atoms with Gasteiger partial charge < -0.3 is 0 Å². The smallest absolute Gasteiger partial charge is 0.0998 e. The zero-order chi connectivity index (χ0) is 17.2. The number of nitrogens with zero attached hydrogens (tertiary/aromatic N) is 1. The van der Waals surface area contributed by atoms with Gasteiger partial charge in [0.05, 0.1) is 11.6 Å². The van der Waals surface area contributed by atoms with Crippen LogP contribution in [0.2, 0.25) is 5.02 Å². The van der Waals surface area contributed by atoms with Gasteiger partial charge in [0.15, 0.2) is 0 Å². The van der Waals surface area contributed by atoms with Crippen molar-refractivity contribution in [3.63, 3.8) is 0 Å². The summed E-state index contributed by atoms with van der Waals surface area (Å²) in [5.41, 5.74) is 2.56. The lowest BCUT2D eigenvalue weighted by atomic mass is 9.94. The minimum Gasteiger partial charge on any atom is -0.192 e. The number of hydrogen-bond donors (Lipinski definition) is 0. The van der Waals surface area contributed by atoms with E-state index in [4.69, 9.17) is 11.6 Å². The van der Waals surface area contributed by atoms with Crippen LogP contribution < -0.4 is 0 Å². The van der Waals surface area contributed by atoms with E-state index < -0.39 is 0 Å². The maximum Gasteiger partial charge on any atom is 0.0998 e. The number of halogens is 1. The standard InChI is InChI=1S/C23H14ClN/c24-20-11-9-16(10-12-20)19(15-25)14-23-21-7-3-1-5-17(21)13-18-6-2-4-8-22(18)23/h1-14H. The fraction of sp³-hybridized carbons (Fsp3) is 0. The fourth-order valence-electron chi connectivity index (χ4n) is 3.16. The largest absolute Gasteiger partial charge is 0.192 e. The van der Waals surface area contributed by atoms with E-state index in [0.29, 0.717) is 10.6 Å². The Kier molecular flexibility index (Phi) is 3.98. The van der Waals surface area contributed by atoms with Gasteiger partial charge in [-0.1, -0.05) is 72.3 Å². The van der Waals surface area contributed by atoms with Gasteiger partial charge in [0.1, 0.15) is 0 Å². The first-order valence-corrected chi connectivity index (χ1v) is 8.42. The number of allylic oxidation sites excluding steroid dienone is 1. The normalized spacial score (nSPS) is 11.6. The summed E-state index contributed by atoms with van der Waals surface area (Å²) in [4.78, 5) is 0. The van der Waals surface area contributed by atoms with Crippen LogP contribution in [0.25, 0.3) is 33.2 Å². The van der Waals surface area contributed by atoms with Crippen molar-refractivity contribution in [2.75, 3.05) is 0 Å². The molecule has 0 unspecified atom stereocenters. The molecule has 0 aromatic heterocycles. The van der Waals surface area contributed by atoms with Crippen LogP contribution in [0.5, 0.6) is 0 Å². The second kappa shape index (κ2) is 6.43. The number of nitriles is 1. The van der Waals surface area contributed by atoms with E-state index in [1.54, 1.807) is 0 Å². The first-order valence-electron chi connectivity index (χ1n) is 8.04. The molecule has 0 aliphatic heterocycles. The van der Waals surface area contributed by atoms with Crippen LogP contribution in [-0.2, 0) is 0 Å². The second-order valence-corrected chi connectivity index (χ2v) is 6.35. The van der Waals surface area contributed by atoms with E-state index in [2.05, 4.69) is 36.4 Å². The molecule has 4 rings (SSSR count). The third-order valence-electron chi connectivity index (χ3n) is 4.38. The molecule has 0 N–H and O–H groups in total. The number of benzene rings is 4. The molecule has 0 aliphatic carbocycles. The van der Waals surface area contributed by atoms with E-state index in [1.807, 2.05) is 54.6 Å². The zero-order valence-corrected chi connectivity index (χ0v) is 14.2. The van der Waals surface area contributed by atoms with Crippen LogP contribution in [0.1, 0.15) is 11.1 Å².